The molecule has 0 bridgehead atoms. The monoisotopic (exact) mass is 362 g/mol. The van der Waals surface area contributed by atoms with Gasteiger partial charge in [0.25, 0.3) is 0 Å². The van der Waals surface area contributed by atoms with E-state index in [9.17, 15) is 4.79 Å². The molecule has 0 spiro atoms. The number of halogens is 1. The van der Waals surface area contributed by atoms with Crippen LogP contribution in [-0.4, -0.2) is 10.9 Å². The summed E-state index contributed by atoms with van der Waals surface area (Å²) < 4.78 is 0. The number of hydrogen-bond donors (Lipinski definition) is 1. The van der Waals surface area contributed by atoms with E-state index in [-0.39, 0.29) is 18.4 Å². The molecule has 6 heteroatoms. The number of carbonyl (C=O) groups excluding carboxylic acids is 1. The van der Waals surface area contributed by atoms with Crippen molar-refractivity contribution in [2.24, 2.45) is 0 Å². The predicted molar refractivity (Wildman–Crippen MR) is 97.1 cm³/mol. The first-order valence-electron chi connectivity index (χ1n) is 7.15. The highest BCUT2D eigenvalue weighted by molar-refractivity contribution is 7.20. The van der Waals surface area contributed by atoms with E-state index < -0.39 is 0 Å². The molecule has 1 aromatic carbocycles. The lowest BCUT2D eigenvalue weighted by molar-refractivity contribution is -0.121. The summed E-state index contributed by atoms with van der Waals surface area (Å²) in [6.07, 6.45) is 0.274. The molecular weight excluding hydrogens is 348 g/mol. The van der Waals surface area contributed by atoms with E-state index in [1.165, 1.54) is 0 Å². The SMILES string of the molecule is C[C@H](NC(=O)Cc1csc(-c2cccs2)n1)c1ccccc1Cl. The zero-order valence-electron chi connectivity index (χ0n) is 12.5. The molecular formula is C17H15ClN2OS2. The van der Waals surface area contributed by atoms with Gasteiger partial charge in [0.15, 0.2) is 0 Å². The van der Waals surface area contributed by atoms with Crippen molar-refractivity contribution in [2.45, 2.75) is 19.4 Å². The van der Waals surface area contributed by atoms with Crippen LogP contribution in [0.2, 0.25) is 5.02 Å². The molecule has 0 aliphatic carbocycles. The fraction of sp³-hybridized carbons (Fsp3) is 0.176. The molecule has 1 atom stereocenters. The van der Waals surface area contributed by atoms with Crippen LogP contribution >= 0.6 is 34.3 Å². The molecule has 3 aromatic rings. The van der Waals surface area contributed by atoms with Crippen LogP contribution in [-0.2, 0) is 11.2 Å². The minimum Gasteiger partial charge on any atom is -0.349 e. The first-order valence-corrected chi connectivity index (χ1v) is 9.29. The molecule has 0 aliphatic heterocycles. The van der Waals surface area contributed by atoms with Gasteiger partial charge in [0.1, 0.15) is 5.01 Å². The summed E-state index contributed by atoms with van der Waals surface area (Å²) in [5, 5.41) is 8.56. The van der Waals surface area contributed by atoms with Gasteiger partial charge in [-0.3, -0.25) is 4.79 Å². The number of nitrogens with zero attached hydrogens (tertiary/aromatic N) is 1. The molecule has 0 unspecified atom stereocenters. The number of rotatable bonds is 5. The second-order valence-corrected chi connectivity index (χ2v) is 7.32. The number of thiazole rings is 1. The smallest absolute Gasteiger partial charge is 0.226 e. The molecule has 0 saturated carbocycles. The van der Waals surface area contributed by atoms with Crippen LogP contribution in [0.15, 0.2) is 47.2 Å². The zero-order valence-corrected chi connectivity index (χ0v) is 14.8. The van der Waals surface area contributed by atoms with Gasteiger partial charge in [-0.15, -0.1) is 22.7 Å². The van der Waals surface area contributed by atoms with Gasteiger partial charge in [0.2, 0.25) is 5.91 Å². The molecule has 0 aliphatic rings. The minimum atomic E-state index is -0.133. The number of carbonyl (C=O) groups is 1. The highest BCUT2D eigenvalue weighted by atomic mass is 35.5. The Bertz CT molecular complexity index is 799. The Balaban J connectivity index is 1.62. The van der Waals surface area contributed by atoms with Crippen molar-refractivity contribution < 1.29 is 4.79 Å². The lowest BCUT2D eigenvalue weighted by Crippen LogP contribution is -2.28. The van der Waals surface area contributed by atoms with Gasteiger partial charge in [-0.05, 0) is 30.0 Å². The summed E-state index contributed by atoms with van der Waals surface area (Å²) in [7, 11) is 0. The van der Waals surface area contributed by atoms with E-state index in [2.05, 4.69) is 10.3 Å². The Labute approximate surface area is 148 Å². The zero-order chi connectivity index (χ0) is 16.2. The number of thiophene rings is 1. The van der Waals surface area contributed by atoms with Crippen molar-refractivity contribution >= 4 is 40.2 Å². The van der Waals surface area contributed by atoms with Crippen LogP contribution in [0.25, 0.3) is 9.88 Å². The largest absolute Gasteiger partial charge is 0.349 e. The molecule has 23 heavy (non-hydrogen) atoms. The Morgan fingerprint density at radius 3 is 2.83 bits per heavy atom. The number of amides is 1. The second kappa shape index (κ2) is 7.25. The molecule has 1 amide bonds. The number of aromatic nitrogens is 1. The molecule has 3 rings (SSSR count). The Morgan fingerprint density at radius 2 is 2.09 bits per heavy atom. The molecule has 0 saturated heterocycles. The van der Waals surface area contributed by atoms with E-state index in [0.29, 0.717) is 5.02 Å². The summed E-state index contributed by atoms with van der Waals surface area (Å²) in [6.45, 7) is 1.93. The molecule has 2 aromatic heterocycles. The van der Waals surface area contributed by atoms with E-state index >= 15 is 0 Å². The molecule has 1 N–H and O–H groups in total. The van der Waals surface area contributed by atoms with Crippen molar-refractivity contribution in [1.82, 2.24) is 10.3 Å². The maximum absolute atomic E-state index is 12.2. The fourth-order valence-corrected chi connectivity index (χ4v) is 4.20. The van der Waals surface area contributed by atoms with Crippen molar-refractivity contribution in [3.8, 4) is 9.88 Å². The summed E-state index contributed by atoms with van der Waals surface area (Å²) >= 11 is 9.38. The van der Waals surface area contributed by atoms with Crippen LogP contribution < -0.4 is 5.32 Å². The van der Waals surface area contributed by atoms with Crippen molar-refractivity contribution in [3.05, 3.63) is 63.4 Å². The maximum atomic E-state index is 12.2. The van der Waals surface area contributed by atoms with Gasteiger partial charge >= 0.3 is 0 Å². The minimum absolute atomic E-state index is 0.0551. The van der Waals surface area contributed by atoms with Crippen LogP contribution in [0, 0.1) is 0 Å². The van der Waals surface area contributed by atoms with Crippen LogP contribution in [0.5, 0.6) is 0 Å². The van der Waals surface area contributed by atoms with Gasteiger partial charge in [-0.1, -0.05) is 35.9 Å². The number of benzene rings is 1. The third kappa shape index (κ3) is 3.99. The predicted octanol–water partition coefficient (Wildman–Crippen LogP) is 4.94. The first kappa shape index (κ1) is 16.2. The van der Waals surface area contributed by atoms with Crippen molar-refractivity contribution in [3.63, 3.8) is 0 Å². The van der Waals surface area contributed by atoms with Crippen LogP contribution in [0.3, 0.4) is 0 Å². The molecule has 118 valence electrons. The lowest BCUT2D eigenvalue weighted by Gasteiger charge is -2.15. The maximum Gasteiger partial charge on any atom is 0.226 e. The summed E-state index contributed by atoms with van der Waals surface area (Å²) in [4.78, 5) is 17.9. The van der Waals surface area contributed by atoms with E-state index in [4.69, 9.17) is 11.6 Å². The van der Waals surface area contributed by atoms with Gasteiger partial charge in [-0.25, -0.2) is 4.98 Å². The lowest BCUT2D eigenvalue weighted by atomic mass is 10.1. The number of hydrogen-bond acceptors (Lipinski definition) is 4. The summed E-state index contributed by atoms with van der Waals surface area (Å²) in [5.74, 6) is -0.0551. The Kier molecular flexibility index (Phi) is 5.10. The quantitative estimate of drug-likeness (QED) is 0.698. The third-order valence-electron chi connectivity index (χ3n) is 3.37. The molecule has 0 radical (unpaired) electrons. The van der Waals surface area contributed by atoms with Gasteiger partial charge in [0, 0.05) is 10.4 Å². The van der Waals surface area contributed by atoms with Crippen LogP contribution in [0.4, 0.5) is 0 Å². The second-order valence-electron chi connectivity index (χ2n) is 5.11. The van der Waals surface area contributed by atoms with E-state index in [1.807, 2.05) is 54.1 Å². The van der Waals surface area contributed by atoms with E-state index in [0.717, 1.165) is 21.1 Å². The topological polar surface area (TPSA) is 42.0 Å². The van der Waals surface area contributed by atoms with Gasteiger partial charge in [-0.2, -0.15) is 0 Å². The van der Waals surface area contributed by atoms with E-state index in [1.54, 1.807) is 22.7 Å². The molecule has 0 fully saturated rings. The van der Waals surface area contributed by atoms with Crippen molar-refractivity contribution in [1.29, 1.82) is 0 Å². The summed E-state index contributed by atoms with van der Waals surface area (Å²) in [6, 6.07) is 11.4. The van der Waals surface area contributed by atoms with Crippen LogP contribution in [0.1, 0.15) is 24.2 Å². The molecule has 3 nitrogen and oxygen atoms in total. The third-order valence-corrected chi connectivity index (χ3v) is 5.65. The normalized spacial score (nSPS) is 12.1. The number of nitrogens with one attached hydrogen (secondary N) is 1. The standard InChI is InChI=1S/C17H15ClN2OS2/c1-11(13-5-2-3-6-14(13)18)19-16(21)9-12-10-23-17(20-12)15-7-4-8-22-15/h2-8,10-11H,9H2,1H3,(H,19,21)/t11-/m0/s1. The highest BCUT2D eigenvalue weighted by Gasteiger charge is 2.14. The summed E-state index contributed by atoms with van der Waals surface area (Å²) in [5.41, 5.74) is 1.71. The fourth-order valence-electron chi connectivity index (χ4n) is 2.26. The molecule has 2 heterocycles. The average Bonchev–Trinajstić information content (AvgIpc) is 3.18. The van der Waals surface area contributed by atoms with Gasteiger partial charge in [0.05, 0.1) is 23.0 Å². The average molecular weight is 363 g/mol. The first-order chi connectivity index (χ1) is 11.1. The van der Waals surface area contributed by atoms with Gasteiger partial charge < -0.3 is 5.32 Å². The Morgan fingerprint density at radius 1 is 1.26 bits per heavy atom. The Hall–Kier alpha value is -1.69. The van der Waals surface area contributed by atoms with Crippen molar-refractivity contribution in [2.75, 3.05) is 0 Å². The highest BCUT2D eigenvalue weighted by Crippen LogP contribution is 2.28.